The van der Waals surface area contributed by atoms with E-state index < -0.39 is 0 Å². The molecule has 3 radical (unpaired) electrons. The SMILES string of the molecule is [Bi+3].[O-2].[O-2].[O-2].[O-2].[O-2].[O-2].[V].[W]. The second-order valence-electron chi connectivity index (χ2n) is 0. The molecule has 9 heteroatoms. The molecule has 0 N–H and O–H groups in total. The van der Waals surface area contributed by atoms with Crippen LogP contribution >= 0.6 is 0 Å². The van der Waals surface area contributed by atoms with Crippen LogP contribution in [0.4, 0.5) is 0 Å². The van der Waals surface area contributed by atoms with E-state index in [1.165, 1.54) is 0 Å². The van der Waals surface area contributed by atoms with Crippen molar-refractivity contribution in [2.24, 2.45) is 0 Å². The summed E-state index contributed by atoms with van der Waals surface area (Å²) in [5.74, 6) is 0. The van der Waals surface area contributed by atoms with Gasteiger partial charge in [0.15, 0.2) is 0 Å². The fourth-order valence-electron chi connectivity index (χ4n) is 0. The van der Waals surface area contributed by atoms with E-state index in [-0.39, 0.29) is 98.7 Å². The minimum absolute atomic E-state index is 0. The monoisotopic (exact) mass is 540 g/mol. The fraction of sp³-hybridized carbons (Fsp3) is 0. The van der Waals surface area contributed by atoms with Crippen molar-refractivity contribution in [3.63, 3.8) is 0 Å². The smallest absolute Gasteiger partial charge is 2.00 e. The first-order valence-corrected chi connectivity index (χ1v) is 0. The van der Waals surface area contributed by atoms with E-state index in [0.717, 1.165) is 0 Å². The maximum atomic E-state index is 0. The van der Waals surface area contributed by atoms with Crippen molar-refractivity contribution in [3.05, 3.63) is 0 Å². The summed E-state index contributed by atoms with van der Waals surface area (Å²) < 4.78 is 0. The molecule has 61 valence electrons. The molecule has 0 amide bonds. The first-order chi connectivity index (χ1) is 0. The molecule has 0 heterocycles. The van der Waals surface area contributed by atoms with Crippen LogP contribution in [0.3, 0.4) is 0 Å². The van der Waals surface area contributed by atoms with E-state index in [9.17, 15) is 0 Å². The summed E-state index contributed by atoms with van der Waals surface area (Å²) in [6, 6.07) is 0. The molecule has 9 heavy (non-hydrogen) atoms. The molecule has 0 spiro atoms. The van der Waals surface area contributed by atoms with E-state index in [2.05, 4.69) is 0 Å². The zero-order chi connectivity index (χ0) is 0. The van der Waals surface area contributed by atoms with Gasteiger partial charge in [-0.05, 0) is 0 Å². The van der Waals surface area contributed by atoms with Gasteiger partial charge in [0.05, 0.1) is 0 Å². The van der Waals surface area contributed by atoms with Crippen LogP contribution < -0.4 is 0 Å². The number of hydrogen-bond donors (Lipinski definition) is 0. The summed E-state index contributed by atoms with van der Waals surface area (Å²) in [5, 5.41) is 0. The average Bonchev–Trinajstić information content (AvgIpc) is 0. The zero-order valence-electron chi connectivity index (χ0n) is 3.75. The van der Waals surface area contributed by atoms with Crippen LogP contribution in [0.1, 0.15) is 0 Å². The summed E-state index contributed by atoms with van der Waals surface area (Å²) in [7, 11) is 0. The van der Waals surface area contributed by atoms with Crippen LogP contribution in [0.25, 0.3) is 0 Å². The molecule has 0 aromatic heterocycles. The van der Waals surface area contributed by atoms with Gasteiger partial charge >= 0.3 is 26.2 Å². The van der Waals surface area contributed by atoms with Crippen LogP contribution in [-0.2, 0) is 72.5 Å². The summed E-state index contributed by atoms with van der Waals surface area (Å²) in [5.41, 5.74) is 0. The normalized spacial score (nSPS) is 0. The first kappa shape index (κ1) is 292. The standard InChI is InChI=1S/Bi.6O.V.W/q+3;6*-2;;. The van der Waals surface area contributed by atoms with Crippen molar-refractivity contribution < 1.29 is 72.5 Å². The van der Waals surface area contributed by atoms with E-state index in [4.69, 9.17) is 0 Å². The summed E-state index contributed by atoms with van der Waals surface area (Å²) in [6.45, 7) is 0. The van der Waals surface area contributed by atoms with Gasteiger partial charge in [-0.25, -0.2) is 0 Å². The van der Waals surface area contributed by atoms with E-state index >= 15 is 0 Å². The fourth-order valence-corrected chi connectivity index (χ4v) is 0. The Morgan fingerprint density at radius 1 is 0.444 bits per heavy atom. The molecular weight excluding hydrogens is 540 g/mol. The summed E-state index contributed by atoms with van der Waals surface area (Å²) in [6.07, 6.45) is 0. The molecule has 0 saturated carbocycles. The Morgan fingerprint density at radius 3 is 0.444 bits per heavy atom. The maximum Gasteiger partial charge on any atom is 3.00 e. The van der Waals surface area contributed by atoms with Crippen LogP contribution in [0.2, 0.25) is 0 Å². The Kier molecular flexibility index (Phi) is 6980. The molecule has 0 aromatic carbocycles. The molecule has 0 unspecified atom stereocenters. The predicted octanol–water partition coefficient (Wildman–Crippen LogP) is -1.10. The Bertz CT molecular complexity index is 13.0. The van der Waals surface area contributed by atoms with Gasteiger partial charge in [0.25, 0.3) is 0 Å². The summed E-state index contributed by atoms with van der Waals surface area (Å²) in [4.78, 5) is 0. The van der Waals surface area contributed by atoms with E-state index in [1.807, 2.05) is 0 Å². The molecular formula is BiO6VW-9. The molecule has 0 rings (SSSR count). The van der Waals surface area contributed by atoms with Crippen molar-refractivity contribution >= 4 is 26.2 Å². The Hall–Kier alpha value is 1.92. The maximum absolute atomic E-state index is 0. The third kappa shape index (κ3) is 169. The molecule has 0 aliphatic rings. The third-order valence-corrected chi connectivity index (χ3v) is 0. The van der Waals surface area contributed by atoms with Crippen LogP contribution in [0.5, 0.6) is 0 Å². The third-order valence-electron chi connectivity index (χ3n) is 0. The van der Waals surface area contributed by atoms with Gasteiger partial charge in [-0.2, -0.15) is 0 Å². The van der Waals surface area contributed by atoms with Crippen molar-refractivity contribution in [2.75, 3.05) is 0 Å². The molecule has 0 bridgehead atoms. The molecule has 0 saturated heterocycles. The van der Waals surface area contributed by atoms with E-state index in [1.54, 1.807) is 0 Å². The number of rotatable bonds is 0. The topological polar surface area (TPSA) is 171 Å². The van der Waals surface area contributed by atoms with Gasteiger partial charge in [-0.1, -0.05) is 0 Å². The molecule has 0 aliphatic carbocycles. The molecule has 0 fully saturated rings. The van der Waals surface area contributed by atoms with E-state index in [0.29, 0.717) is 0 Å². The van der Waals surface area contributed by atoms with Crippen molar-refractivity contribution in [2.45, 2.75) is 0 Å². The minimum atomic E-state index is 0. The van der Waals surface area contributed by atoms with Crippen LogP contribution in [0, 0.1) is 0 Å². The minimum Gasteiger partial charge on any atom is -2.00 e. The van der Waals surface area contributed by atoms with Gasteiger partial charge in [-0.3, -0.25) is 0 Å². The molecule has 0 aromatic rings. The molecule has 0 atom stereocenters. The second kappa shape index (κ2) is 215. The number of hydrogen-bond acceptors (Lipinski definition) is 0. The van der Waals surface area contributed by atoms with Gasteiger partial charge in [-0.15, -0.1) is 0 Å². The predicted molar refractivity (Wildman–Crippen MR) is 9.87 cm³/mol. The second-order valence-corrected chi connectivity index (χ2v) is 0. The van der Waals surface area contributed by atoms with Gasteiger partial charge < -0.3 is 32.9 Å². The quantitative estimate of drug-likeness (QED) is 0.341. The average molecular weight is 540 g/mol. The largest absolute Gasteiger partial charge is 3.00 e. The van der Waals surface area contributed by atoms with Gasteiger partial charge in [0, 0.05) is 39.6 Å². The van der Waals surface area contributed by atoms with Crippen LogP contribution in [0.15, 0.2) is 0 Å². The van der Waals surface area contributed by atoms with Gasteiger partial charge in [0.1, 0.15) is 0 Å². The molecule has 6 nitrogen and oxygen atoms in total. The van der Waals surface area contributed by atoms with Crippen molar-refractivity contribution in [1.29, 1.82) is 0 Å². The first-order valence-electron chi connectivity index (χ1n) is 0. The Morgan fingerprint density at radius 2 is 0.444 bits per heavy atom. The van der Waals surface area contributed by atoms with Crippen molar-refractivity contribution in [1.82, 2.24) is 0 Å². The Balaban J connectivity index is 0. The zero-order valence-corrected chi connectivity index (χ0v) is 11.6. The Labute approximate surface area is 97.9 Å². The van der Waals surface area contributed by atoms with Crippen molar-refractivity contribution in [3.8, 4) is 0 Å². The van der Waals surface area contributed by atoms with Crippen LogP contribution in [-0.4, -0.2) is 26.2 Å². The summed E-state index contributed by atoms with van der Waals surface area (Å²) >= 11 is 0. The van der Waals surface area contributed by atoms with Gasteiger partial charge in [0.2, 0.25) is 0 Å². The molecule has 0 aliphatic heterocycles.